The molecule has 2 heterocycles. The van der Waals surface area contributed by atoms with Crippen molar-refractivity contribution in [2.24, 2.45) is 0 Å². The highest BCUT2D eigenvalue weighted by molar-refractivity contribution is 7.99. The van der Waals surface area contributed by atoms with Crippen molar-refractivity contribution in [3.63, 3.8) is 0 Å². The lowest BCUT2D eigenvalue weighted by Crippen LogP contribution is -2.18. The fourth-order valence-corrected chi connectivity index (χ4v) is 4.47. The summed E-state index contributed by atoms with van der Waals surface area (Å²) in [7, 11) is 0. The summed E-state index contributed by atoms with van der Waals surface area (Å²) in [6, 6.07) is 11.9. The number of Topliss-reactive ketones (excluding diaryl/α,β-unsaturated/α-hetero) is 1. The summed E-state index contributed by atoms with van der Waals surface area (Å²) < 4.78 is 2.18. The van der Waals surface area contributed by atoms with Crippen LogP contribution in [0, 0.1) is 0 Å². The average Bonchev–Trinajstić information content (AvgIpc) is 3.22. The van der Waals surface area contributed by atoms with Gasteiger partial charge in [0.05, 0.1) is 10.6 Å². The van der Waals surface area contributed by atoms with Gasteiger partial charge in [0.15, 0.2) is 16.8 Å². The first-order valence-electron chi connectivity index (χ1n) is 9.10. The number of hydrogen-bond acceptors (Lipinski definition) is 6. The van der Waals surface area contributed by atoms with Crippen LogP contribution in [0.2, 0.25) is 0 Å². The summed E-state index contributed by atoms with van der Waals surface area (Å²) in [6.07, 6.45) is 2.27. The minimum atomic E-state index is -0.0711. The minimum Gasteiger partial charge on any atom is -0.352 e. The Kier molecular flexibility index (Phi) is 5.59. The van der Waals surface area contributed by atoms with Crippen molar-refractivity contribution in [2.75, 3.05) is 5.75 Å². The zero-order chi connectivity index (χ0) is 19.5. The fourth-order valence-electron chi connectivity index (χ4n) is 2.86. The molecule has 6 nitrogen and oxygen atoms in total. The molecule has 1 saturated carbocycles. The molecule has 0 saturated heterocycles. The van der Waals surface area contributed by atoms with Crippen molar-refractivity contribution in [1.29, 1.82) is 0 Å². The predicted octanol–water partition coefficient (Wildman–Crippen LogP) is 3.95. The molecule has 8 heteroatoms. The van der Waals surface area contributed by atoms with Crippen molar-refractivity contribution in [1.82, 2.24) is 20.1 Å². The Morgan fingerprint density at radius 2 is 2.00 bits per heavy atom. The van der Waals surface area contributed by atoms with Crippen LogP contribution in [-0.2, 0) is 11.3 Å². The van der Waals surface area contributed by atoms with Crippen molar-refractivity contribution in [2.45, 2.75) is 37.5 Å². The number of rotatable bonds is 8. The largest absolute Gasteiger partial charge is 0.352 e. The summed E-state index contributed by atoms with van der Waals surface area (Å²) in [6.45, 7) is 1.95. The van der Waals surface area contributed by atoms with E-state index in [0.717, 1.165) is 34.3 Å². The van der Waals surface area contributed by atoms with Gasteiger partial charge >= 0.3 is 0 Å². The van der Waals surface area contributed by atoms with E-state index in [0.29, 0.717) is 23.9 Å². The Morgan fingerprint density at radius 1 is 1.21 bits per heavy atom. The Bertz CT molecular complexity index is 976. The molecular formula is C20H20N4O2S2. The zero-order valence-electron chi connectivity index (χ0n) is 15.4. The second-order valence-corrected chi connectivity index (χ2v) is 8.59. The number of carbonyl (C=O) groups is 2. The lowest BCUT2D eigenvalue weighted by atomic mass is 10.1. The maximum atomic E-state index is 12.6. The second kappa shape index (κ2) is 8.28. The number of nitrogens with zero attached hydrogens (tertiary/aromatic N) is 3. The molecule has 1 aliphatic rings. The van der Waals surface area contributed by atoms with Crippen LogP contribution < -0.4 is 5.32 Å². The van der Waals surface area contributed by atoms with Gasteiger partial charge < -0.3 is 5.32 Å². The highest BCUT2D eigenvalue weighted by atomic mass is 32.2. The molecule has 1 aliphatic carbocycles. The molecule has 144 valence electrons. The van der Waals surface area contributed by atoms with Crippen LogP contribution in [0.3, 0.4) is 0 Å². The van der Waals surface area contributed by atoms with Gasteiger partial charge in [0.2, 0.25) is 5.91 Å². The van der Waals surface area contributed by atoms with Crippen LogP contribution in [-0.4, -0.2) is 32.2 Å². The third kappa shape index (κ3) is 4.34. The van der Waals surface area contributed by atoms with E-state index in [4.69, 9.17) is 0 Å². The second-order valence-electron chi connectivity index (χ2n) is 6.70. The lowest BCUT2D eigenvalue weighted by molar-refractivity contribution is -0.119. The van der Waals surface area contributed by atoms with E-state index in [2.05, 4.69) is 26.1 Å². The molecule has 1 fully saturated rings. The topological polar surface area (TPSA) is 76.9 Å². The van der Waals surface area contributed by atoms with Crippen molar-refractivity contribution in [3.05, 3.63) is 52.9 Å². The summed E-state index contributed by atoms with van der Waals surface area (Å²) in [5, 5.41) is 14.3. The fraction of sp³-hybridized carbons (Fsp3) is 0.300. The summed E-state index contributed by atoms with van der Waals surface area (Å²) in [5.41, 5.74) is 1.63. The molecule has 1 aromatic carbocycles. The molecular weight excluding hydrogens is 392 g/mol. The summed E-state index contributed by atoms with van der Waals surface area (Å²) in [5.74, 6) is 1.20. The first-order chi connectivity index (χ1) is 13.6. The van der Waals surface area contributed by atoms with E-state index in [1.54, 1.807) is 11.3 Å². The lowest BCUT2D eigenvalue weighted by Gasteiger charge is -2.08. The van der Waals surface area contributed by atoms with Gasteiger partial charge in [-0.05, 0) is 29.9 Å². The highest BCUT2D eigenvalue weighted by Gasteiger charge is 2.30. The average molecular weight is 413 g/mol. The summed E-state index contributed by atoms with van der Waals surface area (Å²) >= 11 is 3.09. The quantitative estimate of drug-likeness (QED) is 0.448. The number of amides is 1. The van der Waals surface area contributed by atoms with Gasteiger partial charge in [0, 0.05) is 25.1 Å². The molecule has 0 unspecified atom stereocenters. The zero-order valence-corrected chi connectivity index (χ0v) is 17.1. The molecule has 0 aliphatic heterocycles. The smallest absolute Gasteiger partial charge is 0.217 e. The number of benzene rings is 1. The Balaban J connectivity index is 1.42. The molecule has 0 atom stereocenters. The normalized spacial score (nSPS) is 13.5. The molecule has 0 bridgehead atoms. The van der Waals surface area contributed by atoms with Gasteiger partial charge in [-0.3, -0.25) is 14.2 Å². The number of hydrogen-bond donors (Lipinski definition) is 1. The van der Waals surface area contributed by atoms with E-state index >= 15 is 0 Å². The minimum absolute atomic E-state index is 0.0547. The van der Waals surface area contributed by atoms with Crippen molar-refractivity contribution in [3.8, 4) is 10.7 Å². The van der Waals surface area contributed by atoms with Gasteiger partial charge in [-0.1, -0.05) is 42.1 Å². The third-order valence-electron chi connectivity index (χ3n) is 4.47. The number of carbonyl (C=O) groups excluding carboxylic acids is 2. The maximum absolute atomic E-state index is 12.6. The van der Waals surface area contributed by atoms with Crippen LogP contribution in [0.25, 0.3) is 10.7 Å². The molecule has 1 amide bonds. The SMILES string of the molecule is CC(=O)NCc1ccc(C(=O)CSc2nnc(-c3cccs3)n2C2CC2)cc1. The number of ketones is 1. The van der Waals surface area contributed by atoms with E-state index < -0.39 is 0 Å². The first-order valence-corrected chi connectivity index (χ1v) is 11.0. The van der Waals surface area contributed by atoms with E-state index in [-0.39, 0.29) is 11.7 Å². The molecule has 4 rings (SSSR count). The van der Waals surface area contributed by atoms with Crippen molar-refractivity contribution < 1.29 is 9.59 Å². The summed E-state index contributed by atoms with van der Waals surface area (Å²) in [4.78, 5) is 24.7. The predicted molar refractivity (Wildman–Crippen MR) is 111 cm³/mol. The van der Waals surface area contributed by atoms with Gasteiger partial charge in [-0.25, -0.2) is 0 Å². The number of thiophene rings is 1. The van der Waals surface area contributed by atoms with Crippen LogP contribution in [0.1, 0.15) is 41.7 Å². The van der Waals surface area contributed by atoms with E-state index in [9.17, 15) is 9.59 Å². The van der Waals surface area contributed by atoms with Crippen LogP contribution >= 0.6 is 23.1 Å². The number of aromatic nitrogens is 3. The highest BCUT2D eigenvalue weighted by Crippen LogP contribution is 2.41. The van der Waals surface area contributed by atoms with Gasteiger partial charge in [0.25, 0.3) is 0 Å². The van der Waals surface area contributed by atoms with E-state index in [1.807, 2.05) is 35.7 Å². The van der Waals surface area contributed by atoms with Gasteiger partial charge in [-0.2, -0.15) is 0 Å². The Labute approximate surface area is 171 Å². The van der Waals surface area contributed by atoms with Crippen LogP contribution in [0.5, 0.6) is 0 Å². The third-order valence-corrected chi connectivity index (χ3v) is 6.28. The van der Waals surface area contributed by atoms with Gasteiger partial charge in [-0.15, -0.1) is 21.5 Å². The molecule has 2 aromatic heterocycles. The number of nitrogens with one attached hydrogen (secondary N) is 1. The monoisotopic (exact) mass is 412 g/mol. The standard InChI is InChI=1S/C20H20N4O2S2/c1-13(25)21-11-14-4-6-15(7-5-14)17(26)12-28-20-23-22-19(18-3-2-10-27-18)24(20)16-8-9-16/h2-7,10,16H,8-9,11-12H2,1H3,(H,21,25). The Morgan fingerprint density at radius 3 is 2.64 bits per heavy atom. The maximum Gasteiger partial charge on any atom is 0.217 e. The molecule has 0 radical (unpaired) electrons. The van der Waals surface area contributed by atoms with Crippen LogP contribution in [0.4, 0.5) is 0 Å². The van der Waals surface area contributed by atoms with E-state index in [1.165, 1.54) is 18.7 Å². The van der Waals surface area contributed by atoms with Crippen molar-refractivity contribution >= 4 is 34.8 Å². The van der Waals surface area contributed by atoms with Crippen LogP contribution in [0.15, 0.2) is 46.9 Å². The molecule has 28 heavy (non-hydrogen) atoms. The molecule has 3 aromatic rings. The Hall–Kier alpha value is -2.45. The molecule has 0 spiro atoms. The number of thioether (sulfide) groups is 1. The van der Waals surface area contributed by atoms with Gasteiger partial charge in [0.1, 0.15) is 0 Å². The molecule has 1 N–H and O–H groups in total. The first kappa shape index (κ1) is 18.9.